The van der Waals surface area contributed by atoms with Gasteiger partial charge in [-0.05, 0) is 49.9 Å². The highest BCUT2D eigenvalue weighted by Crippen LogP contribution is 2.16. The molecule has 25 heavy (non-hydrogen) atoms. The van der Waals surface area contributed by atoms with E-state index >= 15 is 0 Å². The summed E-state index contributed by atoms with van der Waals surface area (Å²) < 4.78 is 0. The summed E-state index contributed by atoms with van der Waals surface area (Å²) in [5.41, 5.74) is 2.77. The minimum Gasteiger partial charge on any atom is -0.325 e. The van der Waals surface area contributed by atoms with Crippen LogP contribution in [0.15, 0.2) is 47.3 Å². The van der Waals surface area contributed by atoms with Crippen molar-refractivity contribution in [1.29, 1.82) is 0 Å². The maximum Gasteiger partial charge on any atom is 0.323 e. The fourth-order valence-electron chi connectivity index (χ4n) is 2.62. The van der Waals surface area contributed by atoms with Gasteiger partial charge in [-0.25, -0.2) is 4.79 Å². The van der Waals surface area contributed by atoms with Crippen LogP contribution < -0.4 is 11.0 Å². The summed E-state index contributed by atoms with van der Waals surface area (Å²) in [6.07, 6.45) is 0. The Balaban J connectivity index is 1.67. The number of aromatic nitrogens is 2. The largest absolute Gasteiger partial charge is 0.325 e. The van der Waals surface area contributed by atoms with Gasteiger partial charge >= 0.3 is 5.69 Å². The van der Waals surface area contributed by atoms with E-state index in [0.29, 0.717) is 28.3 Å². The standard InChI is InChI=1S/C18H19ClN4O2/c1-11(23(2)10-12-4-3-5-13(19)8-12)17(24)20-14-6-7-15-16(9-14)22-18(25)21-15/h3-9,11H,10H2,1-2H3,(H,20,24)(H2,21,22,25). The number of benzene rings is 2. The zero-order valence-corrected chi connectivity index (χ0v) is 14.7. The summed E-state index contributed by atoms with van der Waals surface area (Å²) >= 11 is 6.00. The van der Waals surface area contributed by atoms with E-state index in [0.717, 1.165) is 5.56 Å². The van der Waals surface area contributed by atoms with E-state index in [4.69, 9.17) is 11.6 Å². The number of anilines is 1. The number of carbonyl (C=O) groups is 1. The monoisotopic (exact) mass is 358 g/mol. The maximum absolute atomic E-state index is 12.5. The first-order chi connectivity index (χ1) is 11.9. The molecule has 1 atom stereocenters. The number of nitrogens with one attached hydrogen (secondary N) is 3. The highest BCUT2D eigenvalue weighted by atomic mass is 35.5. The number of hydrogen-bond donors (Lipinski definition) is 3. The fraction of sp³-hybridized carbons (Fsp3) is 0.222. The topological polar surface area (TPSA) is 81.0 Å². The number of carbonyl (C=O) groups excluding carboxylic acids is 1. The normalized spacial score (nSPS) is 12.5. The summed E-state index contributed by atoms with van der Waals surface area (Å²) in [6, 6.07) is 12.5. The molecule has 3 rings (SSSR count). The van der Waals surface area contributed by atoms with Crippen molar-refractivity contribution in [3.05, 3.63) is 63.5 Å². The van der Waals surface area contributed by atoms with Crippen LogP contribution in [0, 0.1) is 0 Å². The molecule has 0 aliphatic rings. The van der Waals surface area contributed by atoms with Crippen molar-refractivity contribution in [1.82, 2.24) is 14.9 Å². The number of nitrogens with zero attached hydrogens (tertiary/aromatic N) is 1. The summed E-state index contributed by atoms with van der Waals surface area (Å²) in [7, 11) is 1.89. The van der Waals surface area contributed by atoms with Crippen molar-refractivity contribution in [3.63, 3.8) is 0 Å². The molecular formula is C18H19ClN4O2. The van der Waals surface area contributed by atoms with Gasteiger partial charge in [-0.1, -0.05) is 23.7 Å². The van der Waals surface area contributed by atoms with Crippen molar-refractivity contribution in [3.8, 4) is 0 Å². The molecule has 0 spiro atoms. The molecule has 3 aromatic rings. The van der Waals surface area contributed by atoms with Gasteiger partial charge in [0.15, 0.2) is 0 Å². The molecule has 6 nitrogen and oxygen atoms in total. The van der Waals surface area contributed by atoms with Crippen molar-refractivity contribution in [2.75, 3.05) is 12.4 Å². The Bertz CT molecular complexity index is 963. The van der Waals surface area contributed by atoms with Crippen LogP contribution in [0.1, 0.15) is 12.5 Å². The Kier molecular flexibility index (Phi) is 4.92. The zero-order valence-electron chi connectivity index (χ0n) is 14.0. The lowest BCUT2D eigenvalue weighted by atomic mass is 10.2. The number of aromatic amines is 2. The van der Waals surface area contributed by atoms with Crippen LogP contribution in [-0.4, -0.2) is 33.9 Å². The average molecular weight is 359 g/mol. The molecule has 2 aromatic carbocycles. The summed E-state index contributed by atoms with van der Waals surface area (Å²) in [4.78, 5) is 31.1. The van der Waals surface area contributed by atoms with E-state index in [2.05, 4.69) is 15.3 Å². The van der Waals surface area contributed by atoms with Crippen LogP contribution in [0.4, 0.5) is 5.69 Å². The van der Waals surface area contributed by atoms with Crippen molar-refractivity contribution >= 4 is 34.2 Å². The van der Waals surface area contributed by atoms with Crippen LogP contribution in [-0.2, 0) is 11.3 Å². The SMILES string of the molecule is CC(C(=O)Nc1ccc2[nH]c(=O)[nH]c2c1)N(C)Cc1cccc(Cl)c1. The predicted octanol–water partition coefficient (Wildman–Crippen LogP) is 2.97. The third kappa shape index (κ3) is 4.10. The second-order valence-electron chi connectivity index (χ2n) is 6.05. The highest BCUT2D eigenvalue weighted by molar-refractivity contribution is 6.30. The van der Waals surface area contributed by atoms with E-state index in [1.54, 1.807) is 18.2 Å². The number of amides is 1. The van der Waals surface area contributed by atoms with E-state index in [9.17, 15) is 9.59 Å². The Morgan fingerprint density at radius 2 is 1.96 bits per heavy atom. The third-order valence-corrected chi connectivity index (χ3v) is 4.38. The van der Waals surface area contributed by atoms with Gasteiger partial charge in [0, 0.05) is 17.3 Å². The molecule has 0 aliphatic heterocycles. The molecular weight excluding hydrogens is 340 g/mol. The predicted molar refractivity (Wildman–Crippen MR) is 99.9 cm³/mol. The van der Waals surface area contributed by atoms with E-state index < -0.39 is 0 Å². The molecule has 0 aliphatic carbocycles. The Labute approximate surface area is 149 Å². The molecule has 1 aromatic heterocycles. The van der Waals surface area contributed by atoms with Crippen molar-refractivity contribution in [2.24, 2.45) is 0 Å². The van der Waals surface area contributed by atoms with Crippen LogP contribution in [0.2, 0.25) is 5.02 Å². The first kappa shape index (κ1) is 17.3. The minimum absolute atomic E-state index is 0.123. The van der Waals surface area contributed by atoms with Crippen LogP contribution in [0.25, 0.3) is 11.0 Å². The van der Waals surface area contributed by atoms with Crippen LogP contribution >= 0.6 is 11.6 Å². The van der Waals surface area contributed by atoms with E-state index in [1.807, 2.05) is 43.1 Å². The van der Waals surface area contributed by atoms with Gasteiger partial charge in [-0.15, -0.1) is 0 Å². The molecule has 3 N–H and O–H groups in total. The Morgan fingerprint density at radius 3 is 2.72 bits per heavy atom. The van der Waals surface area contributed by atoms with Gasteiger partial charge in [0.1, 0.15) is 0 Å². The fourth-order valence-corrected chi connectivity index (χ4v) is 2.83. The third-order valence-electron chi connectivity index (χ3n) is 4.15. The zero-order chi connectivity index (χ0) is 18.0. The summed E-state index contributed by atoms with van der Waals surface area (Å²) in [5, 5.41) is 3.56. The molecule has 0 fully saturated rings. The second-order valence-corrected chi connectivity index (χ2v) is 6.49. The molecule has 0 radical (unpaired) electrons. The molecule has 0 saturated carbocycles. The molecule has 1 amide bonds. The Morgan fingerprint density at radius 1 is 1.20 bits per heavy atom. The van der Waals surface area contributed by atoms with Crippen LogP contribution in [0.3, 0.4) is 0 Å². The lowest BCUT2D eigenvalue weighted by Crippen LogP contribution is -2.39. The first-order valence-electron chi connectivity index (χ1n) is 7.90. The van der Waals surface area contributed by atoms with Crippen molar-refractivity contribution < 1.29 is 4.79 Å². The highest BCUT2D eigenvalue weighted by Gasteiger charge is 2.18. The van der Waals surface area contributed by atoms with E-state index in [1.165, 1.54) is 0 Å². The molecule has 1 heterocycles. The molecule has 1 unspecified atom stereocenters. The number of H-pyrrole nitrogens is 2. The average Bonchev–Trinajstić information content (AvgIpc) is 2.93. The minimum atomic E-state index is -0.333. The molecule has 7 heteroatoms. The van der Waals surface area contributed by atoms with Crippen molar-refractivity contribution in [2.45, 2.75) is 19.5 Å². The number of fused-ring (bicyclic) bond motifs is 1. The van der Waals surface area contributed by atoms with Gasteiger partial charge < -0.3 is 15.3 Å². The van der Waals surface area contributed by atoms with Gasteiger partial charge in [-0.2, -0.15) is 0 Å². The van der Waals surface area contributed by atoms with Gasteiger partial charge in [0.05, 0.1) is 17.1 Å². The summed E-state index contributed by atoms with van der Waals surface area (Å²) in [5.74, 6) is -0.123. The maximum atomic E-state index is 12.5. The van der Waals surface area contributed by atoms with E-state index in [-0.39, 0.29) is 17.6 Å². The first-order valence-corrected chi connectivity index (χ1v) is 8.28. The Hall–Kier alpha value is -2.57. The van der Waals surface area contributed by atoms with Gasteiger partial charge in [0.2, 0.25) is 5.91 Å². The number of halogens is 1. The van der Waals surface area contributed by atoms with Crippen LogP contribution in [0.5, 0.6) is 0 Å². The number of imidazole rings is 1. The number of hydrogen-bond acceptors (Lipinski definition) is 3. The quantitative estimate of drug-likeness (QED) is 0.656. The smallest absolute Gasteiger partial charge is 0.323 e. The summed E-state index contributed by atoms with van der Waals surface area (Å²) in [6.45, 7) is 2.45. The number of rotatable bonds is 5. The second kappa shape index (κ2) is 7.13. The molecule has 130 valence electrons. The van der Waals surface area contributed by atoms with Gasteiger partial charge in [0.25, 0.3) is 0 Å². The molecule has 0 bridgehead atoms. The lowest BCUT2D eigenvalue weighted by molar-refractivity contribution is -0.120. The lowest BCUT2D eigenvalue weighted by Gasteiger charge is -2.24. The number of likely N-dealkylation sites (N-methyl/N-ethyl adjacent to an activating group) is 1. The molecule has 0 saturated heterocycles. The van der Waals surface area contributed by atoms with Gasteiger partial charge in [-0.3, -0.25) is 9.69 Å².